The van der Waals surface area contributed by atoms with Gasteiger partial charge < -0.3 is 14.4 Å². The Morgan fingerprint density at radius 1 is 1.45 bits per heavy atom. The normalized spacial score (nSPS) is 19.5. The fraction of sp³-hybridized carbons (Fsp3) is 0.533. The Labute approximate surface area is 128 Å². The van der Waals surface area contributed by atoms with E-state index in [0.29, 0.717) is 12.3 Å². The van der Waals surface area contributed by atoms with Crippen molar-refractivity contribution in [2.75, 3.05) is 26.3 Å². The van der Waals surface area contributed by atoms with Crippen molar-refractivity contribution in [3.8, 4) is 5.75 Å². The molecule has 1 aliphatic rings. The molecule has 20 heavy (non-hydrogen) atoms. The van der Waals surface area contributed by atoms with Crippen LogP contribution in [-0.4, -0.2) is 43.2 Å². The average Bonchev–Trinajstić information content (AvgIpc) is 2.72. The maximum absolute atomic E-state index is 12.2. The molecule has 1 fully saturated rings. The molecule has 1 amide bonds. The van der Waals surface area contributed by atoms with Crippen molar-refractivity contribution >= 4 is 21.8 Å². The predicted octanol–water partition coefficient (Wildman–Crippen LogP) is 2.86. The van der Waals surface area contributed by atoms with Crippen LogP contribution >= 0.6 is 15.9 Å². The molecule has 0 N–H and O–H groups in total. The summed E-state index contributed by atoms with van der Waals surface area (Å²) in [6.45, 7) is 4.31. The van der Waals surface area contributed by atoms with E-state index < -0.39 is 0 Å². The highest BCUT2D eigenvalue weighted by Gasteiger charge is 2.21. The van der Waals surface area contributed by atoms with E-state index in [4.69, 9.17) is 9.47 Å². The first-order valence-electron chi connectivity index (χ1n) is 6.96. The lowest BCUT2D eigenvalue weighted by molar-refractivity contribution is -0.134. The van der Waals surface area contributed by atoms with E-state index in [9.17, 15) is 4.79 Å². The van der Waals surface area contributed by atoms with Gasteiger partial charge in [0, 0.05) is 24.2 Å². The smallest absolute Gasteiger partial charge is 0.260 e. The third kappa shape index (κ3) is 4.49. The minimum Gasteiger partial charge on any atom is -0.484 e. The van der Waals surface area contributed by atoms with Crippen LogP contribution in [0.3, 0.4) is 0 Å². The molecule has 4 nitrogen and oxygen atoms in total. The van der Waals surface area contributed by atoms with E-state index in [-0.39, 0.29) is 18.6 Å². The molecule has 1 aromatic rings. The monoisotopic (exact) mass is 341 g/mol. The van der Waals surface area contributed by atoms with Gasteiger partial charge in [0.05, 0.1) is 6.10 Å². The number of ether oxygens (including phenoxy) is 2. The number of hydrogen-bond acceptors (Lipinski definition) is 3. The molecule has 1 saturated heterocycles. The van der Waals surface area contributed by atoms with Gasteiger partial charge in [-0.25, -0.2) is 0 Å². The van der Waals surface area contributed by atoms with Crippen molar-refractivity contribution in [3.63, 3.8) is 0 Å². The quantitative estimate of drug-likeness (QED) is 0.845. The lowest BCUT2D eigenvalue weighted by atomic mass is 10.2. The van der Waals surface area contributed by atoms with Gasteiger partial charge in [-0.05, 0) is 37.1 Å². The molecule has 1 aliphatic heterocycles. The molecule has 0 aliphatic carbocycles. The molecule has 1 atom stereocenters. The zero-order valence-corrected chi connectivity index (χ0v) is 13.3. The second-order valence-electron chi connectivity index (χ2n) is 4.84. The van der Waals surface area contributed by atoms with E-state index in [1.165, 1.54) is 0 Å². The Morgan fingerprint density at radius 3 is 2.90 bits per heavy atom. The third-order valence-electron chi connectivity index (χ3n) is 3.33. The number of carbonyl (C=O) groups excluding carboxylic acids is 1. The van der Waals surface area contributed by atoms with Gasteiger partial charge in [0.1, 0.15) is 5.75 Å². The molecule has 0 aromatic heterocycles. The minimum absolute atomic E-state index is 0.0249. The first kappa shape index (κ1) is 15.3. The molecule has 5 heteroatoms. The van der Waals surface area contributed by atoms with Crippen LogP contribution in [0.2, 0.25) is 0 Å². The number of halogens is 1. The largest absolute Gasteiger partial charge is 0.484 e. The molecule has 0 spiro atoms. The fourth-order valence-corrected chi connectivity index (χ4v) is 2.40. The molecule has 0 radical (unpaired) electrons. The van der Waals surface area contributed by atoms with E-state index in [1.807, 2.05) is 29.2 Å². The molecular formula is C15H20BrNO3. The Hall–Kier alpha value is -1.07. The molecule has 1 heterocycles. The Balaban J connectivity index is 1.85. The van der Waals surface area contributed by atoms with Gasteiger partial charge in [-0.3, -0.25) is 4.79 Å². The van der Waals surface area contributed by atoms with Gasteiger partial charge in [0.25, 0.3) is 5.91 Å². The number of carbonyl (C=O) groups is 1. The van der Waals surface area contributed by atoms with Gasteiger partial charge in [0.2, 0.25) is 0 Å². The number of amides is 1. The molecule has 0 bridgehead atoms. The second kappa shape index (κ2) is 7.64. The summed E-state index contributed by atoms with van der Waals surface area (Å²) in [7, 11) is 0. The second-order valence-corrected chi connectivity index (χ2v) is 5.75. The maximum atomic E-state index is 12.2. The lowest BCUT2D eigenvalue weighted by Gasteiger charge is -2.23. The Morgan fingerprint density at radius 2 is 2.20 bits per heavy atom. The van der Waals surface area contributed by atoms with Crippen LogP contribution in [0, 0.1) is 0 Å². The molecular weight excluding hydrogens is 322 g/mol. The number of rotatable bonds is 4. The van der Waals surface area contributed by atoms with Crippen LogP contribution < -0.4 is 4.74 Å². The zero-order valence-electron chi connectivity index (χ0n) is 11.7. The van der Waals surface area contributed by atoms with Crippen molar-refractivity contribution in [3.05, 3.63) is 28.7 Å². The number of benzene rings is 1. The molecule has 110 valence electrons. The fourth-order valence-electron chi connectivity index (χ4n) is 2.14. The summed E-state index contributed by atoms with van der Waals surface area (Å²) >= 11 is 3.37. The van der Waals surface area contributed by atoms with Crippen molar-refractivity contribution in [1.82, 2.24) is 4.90 Å². The van der Waals surface area contributed by atoms with Crippen LogP contribution in [0.25, 0.3) is 0 Å². The molecule has 0 unspecified atom stereocenters. The summed E-state index contributed by atoms with van der Waals surface area (Å²) in [5.74, 6) is 0.733. The third-order valence-corrected chi connectivity index (χ3v) is 3.86. The zero-order chi connectivity index (χ0) is 14.4. The molecule has 0 saturated carbocycles. The highest BCUT2D eigenvalue weighted by atomic mass is 79.9. The highest BCUT2D eigenvalue weighted by molar-refractivity contribution is 9.10. The summed E-state index contributed by atoms with van der Waals surface area (Å²) in [6.07, 6.45) is 1.96. The first-order chi connectivity index (χ1) is 9.69. The SMILES string of the molecule is CC[C@H]1CN(C(=O)COc2ccc(Br)cc2)CCCO1. The van der Waals surface area contributed by atoms with Gasteiger partial charge in [-0.15, -0.1) is 0 Å². The number of nitrogens with zero attached hydrogens (tertiary/aromatic N) is 1. The van der Waals surface area contributed by atoms with E-state index in [1.54, 1.807) is 0 Å². The summed E-state index contributed by atoms with van der Waals surface area (Å²) in [4.78, 5) is 14.0. The highest BCUT2D eigenvalue weighted by Crippen LogP contribution is 2.16. The van der Waals surface area contributed by atoms with Gasteiger partial charge >= 0.3 is 0 Å². The summed E-state index contributed by atoms with van der Waals surface area (Å²) in [5.41, 5.74) is 0. The molecule has 1 aromatic carbocycles. The summed E-state index contributed by atoms with van der Waals surface area (Å²) in [6, 6.07) is 7.48. The Bertz CT molecular complexity index is 435. The van der Waals surface area contributed by atoms with Gasteiger partial charge in [-0.2, -0.15) is 0 Å². The van der Waals surface area contributed by atoms with E-state index in [0.717, 1.165) is 30.5 Å². The van der Waals surface area contributed by atoms with Gasteiger partial charge in [-0.1, -0.05) is 22.9 Å². The Kier molecular flexibility index (Phi) is 5.86. The van der Waals surface area contributed by atoms with Crippen LogP contribution in [-0.2, 0) is 9.53 Å². The molecule has 2 rings (SSSR count). The maximum Gasteiger partial charge on any atom is 0.260 e. The van der Waals surface area contributed by atoms with Crippen molar-refractivity contribution in [1.29, 1.82) is 0 Å². The average molecular weight is 342 g/mol. The van der Waals surface area contributed by atoms with E-state index in [2.05, 4.69) is 22.9 Å². The van der Waals surface area contributed by atoms with Crippen LogP contribution in [0.15, 0.2) is 28.7 Å². The summed E-state index contributed by atoms with van der Waals surface area (Å²) < 4.78 is 12.2. The topological polar surface area (TPSA) is 38.8 Å². The predicted molar refractivity (Wildman–Crippen MR) is 80.9 cm³/mol. The lowest BCUT2D eigenvalue weighted by Crippen LogP contribution is -2.39. The van der Waals surface area contributed by atoms with Gasteiger partial charge in [0.15, 0.2) is 6.61 Å². The van der Waals surface area contributed by atoms with Crippen LogP contribution in [0.4, 0.5) is 0 Å². The van der Waals surface area contributed by atoms with Crippen molar-refractivity contribution in [2.45, 2.75) is 25.9 Å². The van der Waals surface area contributed by atoms with Crippen LogP contribution in [0.1, 0.15) is 19.8 Å². The first-order valence-corrected chi connectivity index (χ1v) is 7.76. The van der Waals surface area contributed by atoms with Crippen molar-refractivity contribution in [2.24, 2.45) is 0 Å². The van der Waals surface area contributed by atoms with E-state index >= 15 is 0 Å². The van der Waals surface area contributed by atoms with Crippen molar-refractivity contribution < 1.29 is 14.3 Å². The standard InChI is InChI=1S/C15H20BrNO3/c1-2-13-10-17(8-3-9-19-13)15(18)11-20-14-6-4-12(16)5-7-14/h4-7,13H,2-3,8-11H2,1H3/t13-/m0/s1. The number of hydrogen-bond donors (Lipinski definition) is 0. The minimum atomic E-state index is 0.0249. The summed E-state index contributed by atoms with van der Waals surface area (Å²) in [5, 5.41) is 0. The van der Waals surface area contributed by atoms with Crippen LogP contribution in [0.5, 0.6) is 5.75 Å².